The van der Waals surface area contributed by atoms with Crippen LogP contribution in [0.5, 0.6) is 0 Å². The summed E-state index contributed by atoms with van der Waals surface area (Å²) in [7, 11) is 0. The highest BCUT2D eigenvalue weighted by atomic mass is 15.2. The van der Waals surface area contributed by atoms with Crippen LogP contribution >= 0.6 is 0 Å². The second-order valence-corrected chi connectivity index (χ2v) is 3.48. The van der Waals surface area contributed by atoms with Crippen LogP contribution in [0.2, 0.25) is 0 Å². The molecule has 0 bridgehead atoms. The smallest absolute Gasteiger partial charge is 0.115 e. The minimum absolute atomic E-state index is 0.349. The number of hydrogen-bond acceptors (Lipinski definition) is 4. The number of hydrogen-bond donors (Lipinski definition) is 1. The Morgan fingerprint density at radius 3 is 3.15 bits per heavy atom. The van der Waals surface area contributed by atoms with Gasteiger partial charge in [-0.15, -0.1) is 0 Å². The molecule has 1 aromatic rings. The summed E-state index contributed by atoms with van der Waals surface area (Å²) in [6.07, 6.45) is 4.47. The highest BCUT2D eigenvalue weighted by Gasteiger charge is 2.18. The van der Waals surface area contributed by atoms with Crippen molar-refractivity contribution < 1.29 is 0 Å². The van der Waals surface area contributed by atoms with E-state index in [1.807, 2.05) is 6.07 Å². The molecule has 1 saturated heterocycles. The third kappa shape index (κ3) is 2.23. The lowest BCUT2D eigenvalue weighted by Crippen LogP contribution is -2.26. The van der Waals surface area contributed by atoms with Crippen molar-refractivity contribution in [3.8, 4) is 0 Å². The zero-order chi connectivity index (χ0) is 9.10. The first-order valence-electron chi connectivity index (χ1n) is 4.57. The molecule has 2 rings (SSSR count). The van der Waals surface area contributed by atoms with Gasteiger partial charge >= 0.3 is 0 Å². The minimum Gasteiger partial charge on any atom is -0.326 e. The minimum atomic E-state index is 0.349. The molecule has 4 heteroatoms. The topological polar surface area (TPSA) is 55.0 Å². The van der Waals surface area contributed by atoms with E-state index in [9.17, 15) is 0 Å². The maximum absolute atomic E-state index is 5.80. The van der Waals surface area contributed by atoms with Gasteiger partial charge < -0.3 is 5.73 Å². The fourth-order valence-corrected chi connectivity index (χ4v) is 1.65. The summed E-state index contributed by atoms with van der Waals surface area (Å²) in [6, 6.07) is 2.30. The van der Waals surface area contributed by atoms with Crippen LogP contribution in [0, 0.1) is 0 Å². The van der Waals surface area contributed by atoms with E-state index in [1.54, 1.807) is 12.5 Å². The van der Waals surface area contributed by atoms with Gasteiger partial charge in [-0.1, -0.05) is 0 Å². The van der Waals surface area contributed by atoms with Gasteiger partial charge in [0.25, 0.3) is 0 Å². The quantitative estimate of drug-likeness (QED) is 0.693. The summed E-state index contributed by atoms with van der Waals surface area (Å²) in [5.41, 5.74) is 6.88. The molecule has 0 spiro atoms. The van der Waals surface area contributed by atoms with E-state index in [4.69, 9.17) is 5.73 Å². The van der Waals surface area contributed by atoms with Crippen LogP contribution in [0.3, 0.4) is 0 Å². The number of nitrogens with two attached hydrogens (primary N) is 1. The lowest BCUT2D eigenvalue weighted by Gasteiger charge is -2.13. The summed E-state index contributed by atoms with van der Waals surface area (Å²) < 4.78 is 0. The van der Waals surface area contributed by atoms with Gasteiger partial charge in [-0.2, -0.15) is 0 Å². The molecule has 2 N–H and O–H groups in total. The molecular weight excluding hydrogens is 164 g/mol. The average molecular weight is 178 g/mol. The molecule has 0 aliphatic carbocycles. The standard InChI is InChI=1S/C9H14N4/c10-8-2-4-13(5-8)6-9-1-3-11-7-12-9/h1,3,7-8H,2,4-6,10H2. The zero-order valence-corrected chi connectivity index (χ0v) is 7.56. The fourth-order valence-electron chi connectivity index (χ4n) is 1.65. The second kappa shape index (κ2) is 3.81. The molecule has 1 aliphatic heterocycles. The zero-order valence-electron chi connectivity index (χ0n) is 7.56. The Labute approximate surface area is 77.8 Å². The van der Waals surface area contributed by atoms with Gasteiger partial charge in [0.1, 0.15) is 6.33 Å². The van der Waals surface area contributed by atoms with Crippen LogP contribution in [-0.2, 0) is 6.54 Å². The Morgan fingerprint density at radius 2 is 2.54 bits per heavy atom. The summed E-state index contributed by atoms with van der Waals surface area (Å²) >= 11 is 0. The van der Waals surface area contributed by atoms with Crippen molar-refractivity contribution in [1.29, 1.82) is 0 Å². The second-order valence-electron chi connectivity index (χ2n) is 3.48. The van der Waals surface area contributed by atoms with Crippen molar-refractivity contribution in [1.82, 2.24) is 14.9 Å². The summed E-state index contributed by atoms with van der Waals surface area (Å²) in [4.78, 5) is 10.4. The summed E-state index contributed by atoms with van der Waals surface area (Å²) in [6.45, 7) is 2.98. The van der Waals surface area contributed by atoms with Crippen molar-refractivity contribution in [2.75, 3.05) is 13.1 Å². The Balaban J connectivity index is 1.92. The van der Waals surface area contributed by atoms with Gasteiger partial charge in [0.05, 0.1) is 5.69 Å². The van der Waals surface area contributed by atoms with Crippen molar-refractivity contribution in [2.45, 2.75) is 19.0 Å². The first-order valence-corrected chi connectivity index (χ1v) is 4.57. The maximum Gasteiger partial charge on any atom is 0.115 e. The first-order chi connectivity index (χ1) is 6.34. The van der Waals surface area contributed by atoms with Gasteiger partial charge in [0, 0.05) is 31.9 Å². The van der Waals surface area contributed by atoms with Crippen LogP contribution in [-0.4, -0.2) is 34.0 Å². The van der Waals surface area contributed by atoms with E-state index < -0.39 is 0 Å². The molecule has 4 nitrogen and oxygen atoms in total. The summed E-state index contributed by atoms with van der Waals surface area (Å²) in [5.74, 6) is 0. The molecule has 1 fully saturated rings. The van der Waals surface area contributed by atoms with Crippen LogP contribution < -0.4 is 5.73 Å². The van der Waals surface area contributed by atoms with E-state index in [-0.39, 0.29) is 0 Å². The molecular formula is C9H14N4. The van der Waals surface area contributed by atoms with E-state index >= 15 is 0 Å². The molecule has 1 unspecified atom stereocenters. The maximum atomic E-state index is 5.80. The Hall–Kier alpha value is -1.00. The van der Waals surface area contributed by atoms with Gasteiger partial charge in [-0.25, -0.2) is 9.97 Å². The molecule has 0 radical (unpaired) electrons. The molecule has 0 amide bonds. The van der Waals surface area contributed by atoms with Crippen molar-refractivity contribution >= 4 is 0 Å². The summed E-state index contributed by atoms with van der Waals surface area (Å²) in [5, 5.41) is 0. The van der Waals surface area contributed by atoms with E-state index in [1.165, 1.54) is 0 Å². The van der Waals surface area contributed by atoms with Crippen LogP contribution in [0.4, 0.5) is 0 Å². The third-order valence-corrected chi connectivity index (χ3v) is 2.34. The Bertz CT molecular complexity index is 262. The molecule has 1 aliphatic rings. The molecule has 1 aromatic heterocycles. The monoisotopic (exact) mass is 178 g/mol. The van der Waals surface area contributed by atoms with Crippen LogP contribution in [0.1, 0.15) is 12.1 Å². The third-order valence-electron chi connectivity index (χ3n) is 2.34. The first kappa shape index (κ1) is 8.59. The van der Waals surface area contributed by atoms with Gasteiger partial charge in [0.15, 0.2) is 0 Å². The van der Waals surface area contributed by atoms with Crippen molar-refractivity contribution in [3.63, 3.8) is 0 Å². The number of nitrogens with zero attached hydrogens (tertiary/aromatic N) is 3. The molecule has 0 aromatic carbocycles. The van der Waals surface area contributed by atoms with Crippen LogP contribution in [0.15, 0.2) is 18.6 Å². The molecule has 1 atom stereocenters. The predicted molar refractivity (Wildman–Crippen MR) is 49.9 cm³/mol. The largest absolute Gasteiger partial charge is 0.326 e. The fraction of sp³-hybridized carbons (Fsp3) is 0.556. The SMILES string of the molecule is NC1CCN(Cc2ccncn2)C1. The predicted octanol–water partition coefficient (Wildman–Crippen LogP) is 0.00960. The van der Waals surface area contributed by atoms with E-state index in [0.717, 1.165) is 31.7 Å². The lowest BCUT2D eigenvalue weighted by atomic mass is 10.3. The van der Waals surface area contributed by atoms with E-state index in [2.05, 4.69) is 14.9 Å². The average Bonchev–Trinajstić information content (AvgIpc) is 2.53. The Morgan fingerprint density at radius 1 is 1.62 bits per heavy atom. The van der Waals surface area contributed by atoms with Gasteiger partial charge in [0.2, 0.25) is 0 Å². The van der Waals surface area contributed by atoms with E-state index in [0.29, 0.717) is 6.04 Å². The number of rotatable bonds is 2. The number of aromatic nitrogens is 2. The highest BCUT2D eigenvalue weighted by Crippen LogP contribution is 2.09. The van der Waals surface area contributed by atoms with Gasteiger partial charge in [-0.05, 0) is 12.5 Å². The normalized spacial score (nSPS) is 23.6. The Kier molecular flexibility index (Phi) is 2.52. The molecule has 0 saturated carbocycles. The molecule has 2 heterocycles. The lowest BCUT2D eigenvalue weighted by molar-refractivity contribution is 0.322. The van der Waals surface area contributed by atoms with Crippen LogP contribution in [0.25, 0.3) is 0 Å². The van der Waals surface area contributed by atoms with Crippen molar-refractivity contribution in [3.05, 3.63) is 24.3 Å². The highest BCUT2D eigenvalue weighted by molar-refractivity contribution is 4.98. The number of likely N-dealkylation sites (tertiary alicyclic amines) is 1. The molecule has 70 valence electrons. The van der Waals surface area contributed by atoms with Crippen molar-refractivity contribution in [2.24, 2.45) is 5.73 Å². The van der Waals surface area contributed by atoms with Gasteiger partial charge in [-0.3, -0.25) is 4.90 Å². The molecule has 13 heavy (non-hydrogen) atoms.